The van der Waals surface area contributed by atoms with Gasteiger partial charge in [-0.3, -0.25) is 4.90 Å². The van der Waals surface area contributed by atoms with Crippen molar-refractivity contribution < 1.29 is 0 Å². The van der Waals surface area contributed by atoms with Gasteiger partial charge in [0.25, 0.3) is 0 Å². The van der Waals surface area contributed by atoms with Crippen molar-refractivity contribution >= 4 is 11.6 Å². The largest absolute Gasteiger partial charge is 0.383 e. The molecule has 2 N–H and O–H groups in total. The van der Waals surface area contributed by atoms with E-state index >= 15 is 0 Å². The molecule has 2 saturated heterocycles. The van der Waals surface area contributed by atoms with E-state index in [1.54, 1.807) is 6.33 Å². The molecule has 0 amide bonds. The first-order valence-electron chi connectivity index (χ1n) is 7.76. The Morgan fingerprint density at radius 1 is 1.20 bits per heavy atom. The summed E-state index contributed by atoms with van der Waals surface area (Å²) in [5, 5.41) is 0. The van der Waals surface area contributed by atoms with Crippen LogP contribution in [-0.2, 0) is 0 Å². The molecule has 0 aromatic carbocycles. The molecule has 1 atom stereocenters. The monoisotopic (exact) mass is 275 g/mol. The van der Waals surface area contributed by atoms with Crippen molar-refractivity contribution in [3.63, 3.8) is 0 Å². The molecule has 2 aliphatic rings. The fourth-order valence-electron chi connectivity index (χ4n) is 3.55. The number of nitrogens with zero attached hydrogens (tertiary/aromatic N) is 4. The molecule has 110 valence electrons. The number of hydrogen-bond acceptors (Lipinski definition) is 5. The lowest BCUT2D eigenvalue weighted by Crippen LogP contribution is -2.55. The quantitative estimate of drug-likeness (QED) is 0.892. The lowest BCUT2D eigenvalue weighted by molar-refractivity contribution is 0.133. The van der Waals surface area contributed by atoms with Gasteiger partial charge < -0.3 is 10.6 Å². The van der Waals surface area contributed by atoms with Crippen LogP contribution in [0.4, 0.5) is 11.6 Å². The van der Waals surface area contributed by atoms with E-state index in [1.165, 1.54) is 25.8 Å². The fraction of sp³-hybridized carbons (Fsp3) is 0.733. The molecule has 0 radical (unpaired) electrons. The highest BCUT2D eigenvalue weighted by Gasteiger charge is 2.31. The Kier molecular flexibility index (Phi) is 3.78. The first-order valence-corrected chi connectivity index (χ1v) is 7.76. The van der Waals surface area contributed by atoms with E-state index in [1.807, 2.05) is 0 Å². The first kappa shape index (κ1) is 13.6. The average molecular weight is 275 g/mol. The number of fused-ring (bicyclic) bond motifs is 1. The van der Waals surface area contributed by atoms with Crippen LogP contribution >= 0.6 is 0 Å². The average Bonchev–Trinajstić information content (AvgIpc) is 2.46. The van der Waals surface area contributed by atoms with E-state index in [4.69, 9.17) is 5.73 Å². The summed E-state index contributed by atoms with van der Waals surface area (Å²) in [6.07, 6.45) is 5.63. The summed E-state index contributed by atoms with van der Waals surface area (Å²) in [4.78, 5) is 13.8. The van der Waals surface area contributed by atoms with Gasteiger partial charge in [0.1, 0.15) is 18.0 Å². The highest BCUT2D eigenvalue weighted by atomic mass is 15.3. The summed E-state index contributed by atoms with van der Waals surface area (Å²) in [6, 6.07) is 0.689. The maximum Gasteiger partial charge on any atom is 0.137 e. The van der Waals surface area contributed by atoms with E-state index in [0.717, 1.165) is 31.0 Å². The Morgan fingerprint density at radius 3 is 2.85 bits per heavy atom. The van der Waals surface area contributed by atoms with Crippen LogP contribution in [0.25, 0.3) is 0 Å². The number of piperidine rings is 1. The van der Waals surface area contributed by atoms with Crippen LogP contribution in [0.15, 0.2) is 6.33 Å². The lowest BCUT2D eigenvalue weighted by Gasteiger charge is -2.45. The zero-order valence-electron chi connectivity index (χ0n) is 12.5. The number of nitrogen functional groups attached to an aromatic ring is 1. The first-order chi connectivity index (χ1) is 9.66. The maximum atomic E-state index is 6.07. The molecular formula is C15H25N5. The van der Waals surface area contributed by atoms with Crippen molar-refractivity contribution in [3.05, 3.63) is 11.9 Å². The highest BCUT2D eigenvalue weighted by molar-refractivity contribution is 5.58. The summed E-state index contributed by atoms with van der Waals surface area (Å²) < 4.78 is 0. The summed E-state index contributed by atoms with van der Waals surface area (Å²) in [7, 11) is 0. The molecule has 3 heterocycles. The molecular weight excluding hydrogens is 250 g/mol. The topological polar surface area (TPSA) is 58.3 Å². The van der Waals surface area contributed by atoms with Gasteiger partial charge >= 0.3 is 0 Å². The van der Waals surface area contributed by atoms with Crippen LogP contribution in [0.3, 0.4) is 0 Å². The third-order valence-corrected chi connectivity index (χ3v) is 4.61. The van der Waals surface area contributed by atoms with Gasteiger partial charge in [-0.05, 0) is 25.3 Å². The molecule has 2 fully saturated rings. The maximum absolute atomic E-state index is 6.07. The lowest BCUT2D eigenvalue weighted by atomic mass is 9.98. The fourth-order valence-corrected chi connectivity index (χ4v) is 3.55. The van der Waals surface area contributed by atoms with Gasteiger partial charge in [0.15, 0.2) is 0 Å². The van der Waals surface area contributed by atoms with Gasteiger partial charge in [0.05, 0.1) is 0 Å². The number of nitrogens with two attached hydrogens (primary N) is 1. The Bertz CT molecular complexity index is 473. The summed E-state index contributed by atoms with van der Waals surface area (Å²) >= 11 is 0. The third-order valence-electron chi connectivity index (χ3n) is 4.61. The molecule has 1 aromatic heterocycles. The molecule has 5 heteroatoms. The van der Waals surface area contributed by atoms with E-state index in [-0.39, 0.29) is 0 Å². The zero-order chi connectivity index (χ0) is 14.1. The Labute approximate surface area is 121 Å². The van der Waals surface area contributed by atoms with E-state index < -0.39 is 0 Å². The van der Waals surface area contributed by atoms with Crippen LogP contribution < -0.4 is 10.6 Å². The number of rotatable bonds is 2. The van der Waals surface area contributed by atoms with Gasteiger partial charge in [-0.25, -0.2) is 9.97 Å². The van der Waals surface area contributed by atoms with Crippen LogP contribution in [0.5, 0.6) is 0 Å². The second kappa shape index (κ2) is 5.56. The van der Waals surface area contributed by atoms with Crippen LogP contribution in [0.2, 0.25) is 0 Å². The van der Waals surface area contributed by atoms with E-state index in [2.05, 4.69) is 33.6 Å². The van der Waals surface area contributed by atoms with Crippen molar-refractivity contribution in [2.75, 3.05) is 36.8 Å². The van der Waals surface area contributed by atoms with E-state index in [0.29, 0.717) is 17.8 Å². The van der Waals surface area contributed by atoms with Crippen LogP contribution in [0.1, 0.15) is 44.6 Å². The Balaban J connectivity index is 1.84. The van der Waals surface area contributed by atoms with Gasteiger partial charge in [0.2, 0.25) is 0 Å². The van der Waals surface area contributed by atoms with Crippen molar-refractivity contribution in [1.29, 1.82) is 0 Å². The SMILES string of the molecule is CC(C)c1c(N)ncnc1N1CCN2CCCCC2C1. The molecule has 2 aliphatic heterocycles. The van der Waals surface area contributed by atoms with Gasteiger partial charge in [-0.1, -0.05) is 20.3 Å². The third kappa shape index (κ3) is 2.46. The van der Waals surface area contributed by atoms with Crippen LogP contribution in [-0.4, -0.2) is 47.1 Å². The van der Waals surface area contributed by atoms with Crippen molar-refractivity contribution in [3.8, 4) is 0 Å². The molecule has 0 saturated carbocycles. The Hall–Kier alpha value is -1.36. The minimum absolute atomic E-state index is 0.357. The number of hydrogen-bond donors (Lipinski definition) is 1. The summed E-state index contributed by atoms with van der Waals surface area (Å²) in [5.41, 5.74) is 7.18. The normalized spacial score (nSPS) is 23.9. The second-order valence-electron chi connectivity index (χ2n) is 6.28. The highest BCUT2D eigenvalue weighted by Crippen LogP contribution is 2.31. The minimum Gasteiger partial charge on any atom is -0.383 e. The van der Waals surface area contributed by atoms with Gasteiger partial charge in [-0.15, -0.1) is 0 Å². The molecule has 1 unspecified atom stereocenters. The minimum atomic E-state index is 0.357. The van der Waals surface area contributed by atoms with Crippen LogP contribution in [0, 0.1) is 0 Å². The molecule has 1 aromatic rings. The number of piperazine rings is 1. The summed E-state index contributed by atoms with van der Waals surface area (Å²) in [6.45, 7) is 8.86. The van der Waals surface area contributed by atoms with E-state index in [9.17, 15) is 0 Å². The molecule has 20 heavy (non-hydrogen) atoms. The second-order valence-corrected chi connectivity index (χ2v) is 6.28. The summed E-state index contributed by atoms with van der Waals surface area (Å²) in [5.74, 6) is 2.05. The molecule has 0 bridgehead atoms. The molecule has 0 aliphatic carbocycles. The molecule has 5 nitrogen and oxygen atoms in total. The number of anilines is 2. The van der Waals surface area contributed by atoms with Gasteiger partial charge in [0, 0.05) is 31.2 Å². The zero-order valence-corrected chi connectivity index (χ0v) is 12.5. The predicted octanol–water partition coefficient (Wildman–Crippen LogP) is 1.86. The molecule has 3 rings (SSSR count). The number of aromatic nitrogens is 2. The molecule has 0 spiro atoms. The predicted molar refractivity (Wildman–Crippen MR) is 82.0 cm³/mol. The van der Waals surface area contributed by atoms with Crippen molar-refractivity contribution in [2.45, 2.75) is 45.1 Å². The smallest absolute Gasteiger partial charge is 0.137 e. The standard InChI is InChI=1S/C15H25N5/c1-11(2)13-14(16)17-10-18-15(13)20-8-7-19-6-4-3-5-12(19)9-20/h10-12H,3-9H2,1-2H3,(H2,16,17,18). The van der Waals surface area contributed by atoms with Gasteiger partial charge in [-0.2, -0.15) is 0 Å². The van der Waals surface area contributed by atoms with Crippen molar-refractivity contribution in [1.82, 2.24) is 14.9 Å². The Morgan fingerprint density at radius 2 is 2.05 bits per heavy atom. The van der Waals surface area contributed by atoms with Crippen molar-refractivity contribution in [2.24, 2.45) is 0 Å².